The van der Waals surface area contributed by atoms with Crippen LogP contribution in [0.5, 0.6) is 0 Å². The normalized spacial score (nSPS) is 11.1. The molecule has 4 heteroatoms. The molecular formula is C12H15FN2S. The lowest BCUT2D eigenvalue weighted by Gasteiger charge is -1.99. The summed E-state index contributed by atoms with van der Waals surface area (Å²) >= 11 is 1.64. The predicted octanol–water partition coefficient (Wildman–Crippen LogP) is 2.48. The van der Waals surface area contributed by atoms with E-state index in [0.29, 0.717) is 6.54 Å². The lowest BCUT2D eigenvalue weighted by molar-refractivity contribution is 0.630. The van der Waals surface area contributed by atoms with Gasteiger partial charge in [-0.2, -0.15) is 0 Å². The first kappa shape index (κ1) is 11.5. The van der Waals surface area contributed by atoms with Gasteiger partial charge >= 0.3 is 0 Å². The van der Waals surface area contributed by atoms with Gasteiger partial charge in [-0.25, -0.2) is 4.39 Å². The van der Waals surface area contributed by atoms with E-state index in [-0.39, 0.29) is 5.82 Å². The van der Waals surface area contributed by atoms with E-state index in [1.807, 2.05) is 6.07 Å². The van der Waals surface area contributed by atoms with Crippen LogP contribution in [0, 0.1) is 5.82 Å². The Kier molecular flexibility index (Phi) is 3.88. The van der Waals surface area contributed by atoms with E-state index in [9.17, 15) is 4.39 Å². The first-order chi connectivity index (χ1) is 7.79. The van der Waals surface area contributed by atoms with E-state index in [4.69, 9.17) is 5.73 Å². The Balaban J connectivity index is 2.02. The molecule has 0 fully saturated rings. The number of halogens is 1. The highest BCUT2D eigenvalue weighted by Crippen LogP contribution is 2.26. The highest BCUT2D eigenvalue weighted by Gasteiger charge is 2.02. The highest BCUT2D eigenvalue weighted by atomic mass is 32.1. The molecule has 0 amide bonds. The fourth-order valence-electron chi connectivity index (χ4n) is 1.59. The summed E-state index contributed by atoms with van der Waals surface area (Å²) in [5.41, 5.74) is 5.41. The number of hydrogen-bond donors (Lipinski definition) is 2. The van der Waals surface area contributed by atoms with Gasteiger partial charge in [0.1, 0.15) is 5.82 Å². The molecule has 0 bridgehead atoms. The molecule has 0 saturated carbocycles. The van der Waals surface area contributed by atoms with Gasteiger partial charge in [-0.1, -0.05) is 6.07 Å². The molecule has 16 heavy (non-hydrogen) atoms. The third-order valence-electron chi connectivity index (χ3n) is 2.39. The molecule has 0 radical (unpaired) electrons. The molecule has 0 saturated heterocycles. The third kappa shape index (κ3) is 2.78. The third-order valence-corrected chi connectivity index (χ3v) is 3.49. The lowest BCUT2D eigenvalue weighted by Crippen LogP contribution is -2.16. The van der Waals surface area contributed by atoms with E-state index < -0.39 is 0 Å². The minimum Gasteiger partial charge on any atom is -0.330 e. The second-order valence-electron chi connectivity index (χ2n) is 3.71. The zero-order chi connectivity index (χ0) is 11.4. The van der Waals surface area contributed by atoms with Crippen LogP contribution in [-0.4, -0.2) is 13.1 Å². The van der Waals surface area contributed by atoms with Gasteiger partial charge in [0.15, 0.2) is 0 Å². The Labute approximate surface area is 98.3 Å². The van der Waals surface area contributed by atoms with Gasteiger partial charge in [0.2, 0.25) is 0 Å². The number of thiophene rings is 1. The lowest BCUT2D eigenvalue weighted by atomic mass is 10.2. The summed E-state index contributed by atoms with van der Waals surface area (Å²) in [6.07, 6.45) is 0.986. The minimum absolute atomic E-state index is 0.169. The number of nitrogens with two attached hydrogens (primary N) is 1. The largest absolute Gasteiger partial charge is 0.330 e. The summed E-state index contributed by atoms with van der Waals surface area (Å²) in [5.74, 6) is -0.169. The summed E-state index contributed by atoms with van der Waals surface area (Å²) < 4.78 is 14.0. The molecule has 1 heterocycles. The summed E-state index contributed by atoms with van der Waals surface area (Å²) in [6.45, 7) is 2.48. The first-order valence-electron chi connectivity index (χ1n) is 5.38. The van der Waals surface area contributed by atoms with Crippen LogP contribution in [0.15, 0.2) is 24.3 Å². The maximum absolute atomic E-state index is 13.0. The summed E-state index contributed by atoms with van der Waals surface area (Å²) in [6, 6.07) is 7.02. The smallest absolute Gasteiger partial charge is 0.124 e. The van der Waals surface area contributed by atoms with E-state index >= 15 is 0 Å². The van der Waals surface area contributed by atoms with Crippen molar-refractivity contribution in [3.8, 4) is 0 Å². The van der Waals surface area contributed by atoms with Crippen molar-refractivity contribution in [2.45, 2.75) is 13.0 Å². The maximum Gasteiger partial charge on any atom is 0.124 e. The zero-order valence-electron chi connectivity index (χ0n) is 9.00. The number of rotatable bonds is 5. The number of hydrogen-bond acceptors (Lipinski definition) is 3. The fourth-order valence-corrected chi connectivity index (χ4v) is 2.64. The highest BCUT2D eigenvalue weighted by molar-refractivity contribution is 7.19. The summed E-state index contributed by atoms with van der Waals surface area (Å²) in [7, 11) is 0. The Hall–Kier alpha value is -0.970. The minimum atomic E-state index is -0.169. The first-order valence-corrected chi connectivity index (χ1v) is 6.20. The van der Waals surface area contributed by atoms with E-state index in [0.717, 1.165) is 29.6 Å². The van der Waals surface area contributed by atoms with Crippen molar-refractivity contribution in [1.82, 2.24) is 5.32 Å². The standard InChI is InChI=1S/C12H15FN2S/c13-10-3-2-9-6-11(16-12(9)7-10)8-15-5-1-4-14/h2-3,6-7,15H,1,4-5,8,14H2. The number of nitrogens with one attached hydrogen (secondary N) is 1. The van der Waals surface area contributed by atoms with Crippen molar-refractivity contribution >= 4 is 21.4 Å². The Morgan fingerprint density at radius 3 is 3.00 bits per heavy atom. The molecule has 3 N–H and O–H groups in total. The van der Waals surface area contributed by atoms with Crippen LogP contribution in [-0.2, 0) is 6.54 Å². The quantitative estimate of drug-likeness (QED) is 0.785. The molecule has 2 nitrogen and oxygen atoms in total. The van der Waals surface area contributed by atoms with Gasteiger partial charge in [0, 0.05) is 16.1 Å². The average molecular weight is 238 g/mol. The van der Waals surface area contributed by atoms with Crippen LogP contribution in [0.1, 0.15) is 11.3 Å². The van der Waals surface area contributed by atoms with Crippen LogP contribution in [0.25, 0.3) is 10.1 Å². The molecule has 0 aliphatic heterocycles. The van der Waals surface area contributed by atoms with Gasteiger partial charge in [-0.05, 0) is 43.1 Å². The van der Waals surface area contributed by atoms with Crippen LogP contribution >= 0.6 is 11.3 Å². The van der Waals surface area contributed by atoms with Gasteiger partial charge in [-0.15, -0.1) is 11.3 Å². The van der Waals surface area contributed by atoms with Gasteiger partial charge in [0.25, 0.3) is 0 Å². The second-order valence-corrected chi connectivity index (χ2v) is 4.88. The molecule has 0 atom stereocenters. The topological polar surface area (TPSA) is 38.0 Å². The molecule has 0 unspecified atom stereocenters. The molecule has 0 spiro atoms. The second kappa shape index (κ2) is 5.39. The molecule has 2 rings (SSSR count). The van der Waals surface area contributed by atoms with Crippen LogP contribution in [0.4, 0.5) is 4.39 Å². The predicted molar refractivity (Wildman–Crippen MR) is 67.2 cm³/mol. The van der Waals surface area contributed by atoms with Gasteiger partial charge in [0.05, 0.1) is 0 Å². The van der Waals surface area contributed by atoms with Crippen molar-refractivity contribution in [3.05, 3.63) is 35.0 Å². The molecule has 1 aromatic carbocycles. The Bertz CT molecular complexity index is 467. The number of benzene rings is 1. The molecule has 2 aromatic rings. The molecule has 1 aromatic heterocycles. The summed E-state index contributed by atoms with van der Waals surface area (Å²) in [5, 5.41) is 4.43. The molecule has 0 aliphatic rings. The van der Waals surface area contributed by atoms with Crippen molar-refractivity contribution in [2.75, 3.05) is 13.1 Å². The Morgan fingerprint density at radius 1 is 1.31 bits per heavy atom. The maximum atomic E-state index is 13.0. The zero-order valence-corrected chi connectivity index (χ0v) is 9.82. The number of fused-ring (bicyclic) bond motifs is 1. The van der Waals surface area contributed by atoms with Gasteiger partial charge < -0.3 is 11.1 Å². The van der Waals surface area contributed by atoms with Crippen molar-refractivity contribution in [2.24, 2.45) is 5.73 Å². The van der Waals surface area contributed by atoms with E-state index in [1.54, 1.807) is 17.4 Å². The van der Waals surface area contributed by atoms with E-state index in [1.165, 1.54) is 10.9 Å². The Morgan fingerprint density at radius 2 is 2.19 bits per heavy atom. The average Bonchev–Trinajstić information content (AvgIpc) is 2.66. The SMILES string of the molecule is NCCCNCc1cc2ccc(F)cc2s1. The summed E-state index contributed by atoms with van der Waals surface area (Å²) in [4.78, 5) is 1.23. The van der Waals surface area contributed by atoms with Crippen LogP contribution in [0.3, 0.4) is 0 Å². The van der Waals surface area contributed by atoms with Crippen LogP contribution in [0.2, 0.25) is 0 Å². The van der Waals surface area contributed by atoms with Gasteiger partial charge in [-0.3, -0.25) is 0 Å². The van der Waals surface area contributed by atoms with Crippen molar-refractivity contribution in [3.63, 3.8) is 0 Å². The molecule has 0 aliphatic carbocycles. The van der Waals surface area contributed by atoms with E-state index in [2.05, 4.69) is 11.4 Å². The molecular weight excluding hydrogens is 223 g/mol. The fraction of sp³-hybridized carbons (Fsp3) is 0.333. The van der Waals surface area contributed by atoms with Crippen LogP contribution < -0.4 is 11.1 Å². The molecule has 86 valence electrons. The van der Waals surface area contributed by atoms with Crippen molar-refractivity contribution < 1.29 is 4.39 Å². The monoisotopic (exact) mass is 238 g/mol. The van der Waals surface area contributed by atoms with Crippen molar-refractivity contribution in [1.29, 1.82) is 0 Å².